The molecule has 120 valence electrons. The fraction of sp³-hybridized carbons (Fsp3) is 0.455. The van der Waals surface area contributed by atoms with E-state index in [1.165, 1.54) is 18.2 Å². The van der Waals surface area contributed by atoms with E-state index in [4.69, 9.17) is 23.2 Å². The predicted octanol–water partition coefficient (Wildman–Crippen LogP) is 5.58. The van der Waals surface area contributed by atoms with Crippen LogP contribution in [-0.2, 0) is 0 Å². The Hall–Kier alpha value is -0.470. The number of hydrogen-bond acceptors (Lipinski definition) is 2. The molecule has 0 saturated carbocycles. The number of benzene rings is 1. The summed E-state index contributed by atoms with van der Waals surface area (Å²) in [4.78, 5) is 0.122. The number of anilines is 1. The Morgan fingerprint density at radius 3 is 2.29 bits per heavy atom. The molecule has 0 aliphatic heterocycles. The normalized spacial score (nSPS) is 14.1. The Morgan fingerprint density at radius 2 is 1.76 bits per heavy atom. The van der Waals surface area contributed by atoms with Gasteiger partial charge in [-0.1, -0.05) is 11.6 Å². The summed E-state index contributed by atoms with van der Waals surface area (Å²) in [7, 11) is 0. The zero-order valence-corrected chi connectivity index (χ0v) is 12.5. The Balaban J connectivity index is 2.69. The van der Waals surface area contributed by atoms with E-state index in [1.54, 1.807) is 0 Å². The topological polar surface area (TPSA) is 12.0 Å². The Labute approximate surface area is 131 Å². The molecule has 0 aliphatic carbocycles. The SMILES string of the molecule is FC(F)(F)CSc1cc(NCC(Cl)C(F)(F)F)ccc1Cl. The standard InChI is InChI=1S/C11H9Cl2F6NS/c12-7-2-1-6(20-4-9(13)11(17,18)19)3-8(7)21-5-10(14,15)16/h1-3,9,20H,4-5H2. The molecule has 0 aliphatic rings. The molecule has 0 spiro atoms. The van der Waals surface area contributed by atoms with Gasteiger partial charge < -0.3 is 5.32 Å². The largest absolute Gasteiger partial charge is 0.406 e. The summed E-state index contributed by atoms with van der Waals surface area (Å²) in [6.07, 6.45) is -8.93. The second kappa shape index (κ2) is 7.19. The van der Waals surface area contributed by atoms with Gasteiger partial charge in [-0.3, -0.25) is 0 Å². The van der Waals surface area contributed by atoms with E-state index < -0.39 is 30.0 Å². The fourth-order valence-corrected chi connectivity index (χ4v) is 2.30. The Morgan fingerprint density at radius 1 is 1.14 bits per heavy atom. The molecule has 10 heteroatoms. The number of rotatable bonds is 5. The number of halogens is 8. The van der Waals surface area contributed by atoms with Crippen molar-refractivity contribution >= 4 is 40.7 Å². The van der Waals surface area contributed by atoms with E-state index in [0.717, 1.165) is 0 Å². The van der Waals surface area contributed by atoms with Crippen molar-refractivity contribution in [3.8, 4) is 0 Å². The third-order valence-corrected chi connectivity index (χ3v) is 4.13. The molecule has 0 radical (unpaired) electrons. The lowest BCUT2D eigenvalue weighted by Crippen LogP contribution is -2.30. The van der Waals surface area contributed by atoms with Gasteiger partial charge in [-0.2, -0.15) is 26.3 Å². The van der Waals surface area contributed by atoms with Gasteiger partial charge in [-0.25, -0.2) is 0 Å². The molecule has 0 saturated heterocycles. The monoisotopic (exact) mass is 371 g/mol. The molecule has 1 rings (SSSR count). The second-order valence-electron chi connectivity index (χ2n) is 3.94. The molecule has 0 bridgehead atoms. The highest BCUT2D eigenvalue weighted by atomic mass is 35.5. The minimum atomic E-state index is -4.56. The van der Waals surface area contributed by atoms with Gasteiger partial charge in [-0.15, -0.1) is 23.4 Å². The van der Waals surface area contributed by atoms with Crippen molar-refractivity contribution in [1.29, 1.82) is 0 Å². The first kappa shape index (κ1) is 18.6. The molecule has 21 heavy (non-hydrogen) atoms. The highest BCUT2D eigenvalue weighted by molar-refractivity contribution is 7.99. The summed E-state index contributed by atoms with van der Waals surface area (Å²) in [6.45, 7) is -0.601. The van der Waals surface area contributed by atoms with Gasteiger partial charge >= 0.3 is 12.4 Å². The van der Waals surface area contributed by atoms with Crippen LogP contribution in [0.5, 0.6) is 0 Å². The lowest BCUT2D eigenvalue weighted by Gasteiger charge is -2.16. The number of hydrogen-bond donors (Lipinski definition) is 1. The predicted molar refractivity (Wildman–Crippen MR) is 72.4 cm³/mol. The van der Waals surface area contributed by atoms with Crippen LogP contribution in [0.15, 0.2) is 23.1 Å². The van der Waals surface area contributed by atoms with Crippen LogP contribution in [0.4, 0.5) is 32.0 Å². The number of nitrogens with one attached hydrogen (secondary N) is 1. The zero-order valence-electron chi connectivity index (χ0n) is 10.2. The smallest absolute Gasteiger partial charge is 0.383 e. The van der Waals surface area contributed by atoms with Crippen LogP contribution in [0.3, 0.4) is 0 Å². The van der Waals surface area contributed by atoms with Crippen LogP contribution in [0.2, 0.25) is 5.02 Å². The van der Waals surface area contributed by atoms with Crippen LogP contribution in [0.25, 0.3) is 0 Å². The van der Waals surface area contributed by atoms with Crippen molar-refractivity contribution in [3.05, 3.63) is 23.2 Å². The molecule has 1 unspecified atom stereocenters. The number of thioether (sulfide) groups is 1. The van der Waals surface area contributed by atoms with Crippen molar-refractivity contribution in [3.63, 3.8) is 0 Å². The second-order valence-corrected chi connectivity index (χ2v) is 5.89. The van der Waals surface area contributed by atoms with E-state index in [2.05, 4.69) is 5.32 Å². The van der Waals surface area contributed by atoms with E-state index in [9.17, 15) is 26.3 Å². The van der Waals surface area contributed by atoms with Crippen LogP contribution >= 0.6 is 35.0 Å². The van der Waals surface area contributed by atoms with Gasteiger partial charge in [-0.05, 0) is 18.2 Å². The maximum Gasteiger partial charge on any atom is 0.406 e. The van der Waals surface area contributed by atoms with Gasteiger partial charge in [0.2, 0.25) is 0 Å². The molecule has 1 nitrogen and oxygen atoms in total. The maximum absolute atomic E-state index is 12.2. The van der Waals surface area contributed by atoms with Gasteiger partial charge in [0, 0.05) is 17.1 Å². The molecule has 1 N–H and O–H groups in total. The third-order valence-electron chi connectivity index (χ3n) is 2.16. The summed E-state index contributed by atoms with van der Waals surface area (Å²) >= 11 is 11.3. The van der Waals surface area contributed by atoms with Gasteiger partial charge in [0.15, 0.2) is 0 Å². The minimum absolute atomic E-state index is 0.0908. The van der Waals surface area contributed by atoms with Crippen molar-refractivity contribution in [1.82, 2.24) is 0 Å². The van der Waals surface area contributed by atoms with Crippen LogP contribution < -0.4 is 5.32 Å². The summed E-state index contributed by atoms with van der Waals surface area (Å²) in [5, 5.41) is 0.404. The van der Waals surface area contributed by atoms with Crippen LogP contribution in [0, 0.1) is 0 Å². The summed E-state index contributed by atoms with van der Waals surface area (Å²) in [5.74, 6) is -1.14. The molecule has 0 amide bonds. The fourth-order valence-electron chi connectivity index (χ4n) is 1.21. The van der Waals surface area contributed by atoms with Crippen molar-refractivity contribution in [2.75, 3.05) is 17.6 Å². The van der Waals surface area contributed by atoms with E-state index >= 15 is 0 Å². The molecule has 1 atom stereocenters. The maximum atomic E-state index is 12.2. The lowest BCUT2D eigenvalue weighted by atomic mass is 10.3. The average molecular weight is 372 g/mol. The van der Waals surface area contributed by atoms with Gasteiger partial charge in [0.1, 0.15) is 5.38 Å². The van der Waals surface area contributed by atoms with Crippen molar-refractivity contribution < 1.29 is 26.3 Å². The summed E-state index contributed by atoms with van der Waals surface area (Å²) < 4.78 is 73.1. The van der Waals surface area contributed by atoms with Gasteiger partial charge in [0.05, 0.1) is 10.8 Å². The quantitative estimate of drug-likeness (QED) is 0.412. The summed E-state index contributed by atoms with van der Waals surface area (Å²) in [6, 6.07) is 3.91. The first-order chi connectivity index (χ1) is 9.49. The lowest BCUT2D eigenvalue weighted by molar-refractivity contribution is -0.127. The highest BCUT2D eigenvalue weighted by Crippen LogP contribution is 2.34. The highest BCUT2D eigenvalue weighted by Gasteiger charge is 2.37. The van der Waals surface area contributed by atoms with Gasteiger partial charge in [0.25, 0.3) is 0 Å². The van der Waals surface area contributed by atoms with Crippen LogP contribution in [-0.4, -0.2) is 30.0 Å². The Kier molecular flexibility index (Phi) is 6.36. The number of alkyl halides is 7. The zero-order chi connectivity index (χ0) is 16.3. The molecular formula is C11H9Cl2F6NS. The molecular weight excluding hydrogens is 363 g/mol. The summed E-state index contributed by atoms with van der Waals surface area (Å²) in [5.41, 5.74) is 0.207. The molecule has 1 aromatic rings. The third kappa shape index (κ3) is 6.88. The molecule has 0 aromatic heterocycles. The van der Waals surface area contributed by atoms with Crippen LogP contribution in [0.1, 0.15) is 0 Å². The molecule has 0 heterocycles. The van der Waals surface area contributed by atoms with E-state index in [0.29, 0.717) is 11.8 Å². The first-order valence-electron chi connectivity index (χ1n) is 5.43. The van der Waals surface area contributed by atoms with E-state index in [1.807, 2.05) is 0 Å². The molecule has 1 aromatic carbocycles. The van der Waals surface area contributed by atoms with E-state index in [-0.39, 0.29) is 15.6 Å². The van der Waals surface area contributed by atoms with Crippen molar-refractivity contribution in [2.24, 2.45) is 0 Å². The minimum Gasteiger partial charge on any atom is -0.383 e. The Bertz CT molecular complexity index is 477. The molecule has 0 fully saturated rings. The van der Waals surface area contributed by atoms with Crippen molar-refractivity contribution in [2.45, 2.75) is 22.6 Å². The average Bonchev–Trinajstić information content (AvgIpc) is 2.33. The first-order valence-corrected chi connectivity index (χ1v) is 7.23.